The molecule has 30 heavy (non-hydrogen) atoms. The molecule has 3 aromatic rings. The minimum Gasteiger partial charge on any atom is -0.474 e. The highest BCUT2D eigenvalue weighted by atomic mass is 35.5. The lowest BCUT2D eigenvalue weighted by molar-refractivity contribution is 0.0827. The number of carbonyl (C=O) groups is 1. The number of benzene rings is 2. The molecule has 1 aromatic heterocycles. The molecule has 6 nitrogen and oxygen atoms in total. The predicted molar refractivity (Wildman–Crippen MR) is 105 cm³/mol. The van der Waals surface area contributed by atoms with Crippen molar-refractivity contribution in [3.63, 3.8) is 0 Å². The number of nitrogens with zero attached hydrogens (tertiary/aromatic N) is 3. The Morgan fingerprint density at radius 3 is 2.30 bits per heavy atom. The number of carbonyl (C=O) groups excluding carboxylic acids is 1. The maximum Gasteiger partial charge on any atom is 0.248 e. The van der Waals surface area contributed by atoms with E-state index in [1.54, 1.807) is 25.3 Å². The molecule has 0 radical (unpaired) electrons. The molecular formula is C20H18ClF3N4O2. The first-order chi connectivity index (χ1) is 14.0. The highest BCUT2D eigenvalue weighted by molar-refractivity contribution is 6.30. The Morgan fingerprint density at radius 2 is 1.77 bits per heavy atom. The lowest BCUT2D eigenvalue weighted by Gasteiger charge is -2.26. The smallest absolute Gasteiger partial charge is 0.248 e. The molecule has 158 valence electrons. The van der Waals surface area contributed by atoms with E-state index in [0.717, 1.165) is 18.2 Å². The molecule has 3 rings (SSSR count). The van der Waals surface area contributed by atoms with Crippen LogP contribution < -0.4 is 10.5 Å². The summed E-state index contributed by atoms with van der Waals surface area (Å²) in [6.45, 7) is 5.18. The highest BCUT2D eigenvalue weighted by Gasteiger charge is 2.33. The van der Waals surface area contributed by atoms with Crippen LogP contribution in [0.2, 0.25) is 5.02 Å². The van der Waals surface area contributed by atoms with E-state index in [-0.39, 0.29) is 27.8 Å². The lowest BCUT2D eigenvalue weighted by atomic mass is 10.1. The van der Waals surface area contributed by atoms with Crippen molar-refractivity contribution in [3.05, 3.63) is 64.2 Å². The van der Waals surface area contributed by atoms with E-state index in [1.165, 1.54) is 12.1 Å². The fraction of sp³-hybridized carbons (Fsp3) is 0.250. The van der Waals surface area contributed by atoms with Crippen molar-refractivity contribution in [1.29, 1.82) is 0 Å². The molecule has 0 bridgehead atoms. The Kier molecular flexibility index (Phi) is 5.76. The van der Waals surface area contributed by atoms with E-state index in [9.17, 15) is 18.0 Å². The molecule has 2 N–H and O–H groups in total. The summed E-state index contributed by atoms with van der Waals surface area (Å²) in [5, 5.41) is 7.99. The topological polar surface area (TPSA) is 83.0 Å². The van der Waals surface area contributed by atoms with Crippen molar-refractivity contribution < 1.29 is 22.7 Å². The first kappa shape index (κ1) is 21.6. The molecule has 0 aliphatic carbocycles. The van der Waals surface area contributed by atoms with Gasteiger partial charge in [0.2, 0.25) is 5.91 Å². The van der Waals surface area contributed by atoms with E-state index in [0.29, 0.717) is 6.54 Å². The molecular weight excluding hydrogens is 421 g/mol. The van der Waals surface area contributed by atoms with Crippen molar-refractivity contribution >= 4 is 17.5 Å². The van der Waals surface area contributed by atoms with Crippen LogP contribution in [0.15, 0.2) is 30.3 Å². The van der Waals surface area contributed by atoms with Gasteiger partial charge in [-0.1, -0.05) is 11.6 Å². The van der Waals surface area contributed by atoms with E-state index in [2.05, 4.69) is 10.2 Å². The Hall–Kier alpha value is -3.07. The van der Waals surface area contributed by atoms with Crippen molar-refractivity contribution in [1.82, 2.24) is 14.8 Å². The molecule has 1 amide bonds. The second-order valence-electron chi connectivity index (χ2n) is 6.96. The van der Waals surface area contributed by atoms with Gasteiger partial charge >= 0.3 is 0 Å². The average Bonchev–Trinajstić information content (AvgIpc) is 3.09. The van der Waals surface area contributed by atoms with Gasteiger partial charge in [0.15, 0.2) is 34.6 Å². The molecule has 0 saturated carbocycles. The van der Waals surface area contributed by atoms with Crippen LogP contribution in [0.4, 0.5) is 13.2 Å². The van der Waals surface area contributed by atoms with E-state index in [1.807, 2.05) is 0 Å². The summed E-state index contributed by atoms with van der Waals surface area (Å²) in [5.74, 6) is -3.66. The molecule has 0 unspecified atom stereocenters. The number of hydrogen-bond acceptors (Lipinski definition) is 4. The number of halogens is 4. The number of primary amides is 1. The zero-order chi connectivity index (χ0) is 22.2. The van der Waals surface area contributed by atoms with Gasteiger partial charge in [-0.3, -0.25) is 4.79 Å². The van der Waals surface area contributed by atoms with Crippen LogP contribution in [0.1, 0.15) is 37.0 Å². The van der Waals surface area contributed by atoms with Gasteiger partial charge in [0.1, 0.15) is 5.82 Å². The SMILES string of the molecule is CCn1c(-c2ccc(C(N)=O)cc2F)nnc1C(C)(C)Oc1c(F)cc(Cl)cc1F. The number of rotatable bonds is 6. The largest absolute Gasteiger partial charge is 0.474 e. The predicted octanol–water partition coefficient (Wildman–Crippen LogP) is 4.45. The van der Waals surface area contributed by atoms with Gasteiger partial charge in [0.25, 0.3) is 0 Å². The van der Waals surface area contributed by atoms with Crippen molar-refractivity contribution in [2.24, 2.45) is 5.73 Å². The molecule has 0 fully saturated rings. The van der Waals surface area contributed by atoms with Crippen molar-refractivity contribution in [3.8, 4) is 17.1 Å². The second-order valence-corrected chi connectivity index (χ2v) is 7.40. The van der Waals surface area contributed by atoms with Crippen LogP contribution in [-0.2, 0) is 12.1 Å². The normalized spacial score (nSPS) is 11.6. The molecule has 0 atom stereocenters. The lowest BCUT2D eigenvalue weighted by Crippen LogP contribution is -2.30. The zero-order valence-corrected chi connectivity index (χ0v) is 17.1. The molecule has 10 heteroatoms. The summed E-state index contributed by atoms with van der Waals surface area (Å²) >= 11 is 5.65. The van der Waals surface area contributed by atoms with Crippen LogP contribution in [0.25, 0.3) is 11.4 Å². The summed E-state index contributed by atoms with van der Waals surface area (Å²) in [5.41, 5.74) is 3.93. The third-order valence-corrected chi connectivity index (χ3v) is 4.64. The summed E-state index contributed by atoms with van der Waals surface area (Å²) in [6, 6.07) is 5.60. The second kappa shape index (κ2) is 7.98. The molecule has 1 heterocycles. The van der Waals surface area contributed by atoms with Crippen LogP contribution in [0, 0.1) is 17.5 Å². The first-order valence-electron chi connectivity index (χ1n) is 8.92. The standard InChI is InChI=1S/C20H18ClF3N4O2/c1-4-28-18(12-6-5-10(17(25)29)7-13(12)22)26-27-19(28)20(2,3)30-16-14(23)8-11(21)9-15(16)24/h5-9H,4H2,1-3H3,(H2,25,29). The zero-order valence-electron chi connectivity index (χ0n) is 16.3. The van der Waals surface area contributed by atoms with Crippen LogP contribution in [0.3, 0.4) is 0 Å². The first-order valence-corrected chi connectivity index (χ1v) is 9.30. The maximum absolute atomic E-state index is 14.6. The van der Waals surface area contributed by atoms with Crippen molar-refractivity contribution in [2.75, 3.05) is 0 Å². The summed E-state index contributed by atoms with van der Waals surface area (Å²) < 4.78 is 50.1. The van der Waals surface area contributed by atoms with Gasteiger partial charge < -0.3 is 15.0 Å². The Bertz CT molecular complexity index is 1110. The van der Waals surface area contributed by atoms with Gasteiger partial charge in [0, 0.05) is 17.1 Å². The summed E-state index contributed by atoms with van der Waals surface area (Å²) in [7, 11) is 0. The van der Waals surface area contributed by atoms with Crippen molar-refractivity contribution in [2.45, 2.75) is 32.9 Å². The number of aromatic nitrogens is 3. The molecule has 0 aliphatic heterocycles. The number of ether oxygens (including phenoxy) is 1. The minimum absolute atomic E-state index is 0.0105. The van der Waals surface area contributed by atoms with Gasteiger partial charge in [-0.05, 0) is 51.1 Å². The molecule has 2 aromatic carbocycles. The third kappa shape index (κ3) is 3.97. The Labute approximate surface area is 175 Å². The molecule has 0 spiro atoms. The van der Waals surface area contributed by atoms with Gasteiger partial charge in [-0.25, -0.2) is 13.2 Å². The van der Waals surface area contributed by atoms with Gasteiger partial charge in [-0.15, -0.1) is 10.2 Å². The van der Waals surface area contributed by atoms with E-state index >= 15 is 0 Å². The van der Waals surface area contributed by atoms with Crippen LogP contribution >= 0.6 is 11.6 Å². The van der Waals surface area contributed by atoms with Crippen LogP contribution in [0.5, 0.6) is 5.75 Å². The maximum atomic E-state index is 14.6. The monoisotopic (exact) mass is 438 g/mol. The Balaban J connectivity index is 2.04. The summed E-state index contributed by atoms with van der Waals surface area (Å²) in [4.78, 5) is 11.2. The van der Waals surface area contributed by atoms with E-state index < -0.39 is 34.7 Å². The minimum atomic E-state index is -1.33. The third-order valence-electron chi connectivity index (χ3n) is 4.42. The van der Waals surface area contributed by atoms with E-state index in [4.69, 9.17) is 22.1 Å². The highest BCUT2D eigenvalue weighted by Crippen LogP contribution is 2.34. The number of amides is 1. The molecule has 0 saturated heterocycles. The van der Waals surface area contributed by atoms with Gasteiger partial charge in [-0.2, -0.15) is 0 Å². The summed E-state index contributed by atoms with van der Waals surface area (Å²) in [6.07, 6.45) is 0. The van der Waals surface area contributed by atoms with Crippen LogP contribution in [-0.4, -0.2) is 20.7 Å². The number of hydrogen-bond donors (Lipinski definition) is 1. The molecule has 0 aliphatic rings. The number of nitrogens with two attached hydrogens (primary N) is 1. The Morgan fingerprint density at radius 1 is 1.13 bits per heavy atom. The fourth-order valence-electron chi connectivity index (χ4n) is 3.02. The quantitative estimate of drug-likeness (QED) is 0.616. The fourth-order valence-corrected chi connectivity index (χ4v) is 3.22. The average molecular weight is 439 g/mol. The van der Waals surface area contributed by atoms with Gasteiger partial charge in [0.05, 0.1) is 5.56 Å².